The van der Waals surface area contributed by atoms with Crippen molar-refractivity contribution in [3.05, 3.63) is 94.0 Å². The number of benzene rings is 4. The van der Waals surface area contributed by atoms with Gasteiger partial charge in [0.15, 0.2) is 0 Å². The monoisotopic (exact) mass is 491 g/mol. The Hall–Kier alpha value is -3.41. The molecule has 7 heteroatoms. The minimum absolute atomic E-state index is 0.166. The fraction of sp³-hybridized carbons (Fsp3) is 0.148. The maximum Gasteiger partial charge on any atom is 0.262 e. The number of carbonyl (C=O) groups excluding carboxylic acids is 2. The zero-order valence-electron chi connectivity index (χ0n) is 18.7. The molecule has 0 aliphatic heterocycles. The molecule has 4 rings (SSSR count). The lowest BCUT2D eigenvalue weighted by Crippen LogP contribution is -2.48. The third-order valence-corrected chi connectivity index (χ3v) is 6.34. The molecular weight excluding hydrogens is 469 g/mol. The van der Waals surface area contributed by atoms with Crippen molar-refractivity contribution in [2.45, 2.75) is 19.9 Å². The van der Waals surface area contributed by atoms with Gasteiger partial charge in [-0.25, -0.2) is 5.43 Å². The van der Waals surface area contributed by atoms with E-state index in [-0.39, 0.29) is 10.9 Å². The summed E-state index contributed by atoms with van der Waals surface area (Å²) in [5.74, 6) is -0.999. The highest BCUT2D eigenvalue weighted by Gasteiger charge is 2.24. The molecule has 0 bridgehead atoms. The fourth-order valence-electron chi connectivity index (χ4n) is 3.81. The van der Waals surface area contributed by atoms with Crippen LogP contribution in [0.4, 0.5) is 0 Å². The number of fused-ring (bicyclic) bond motifs is 2. The van der Waals surface area contributed by atoms with Gasteiger partial charge in [0, 0.05) is 11.1 Å². The number of nitrogens with one attached hydrogen (secondary N) is 2. The molecule has 2 N–H and O–H groups in total. The summed E-state index contributed by atoms with van der Waals surface area (Å²) in [7, 11) is 0. The fourth-order valence-corrected chi connectivity index (χ4v) is 4.11. The molecule has 5 nitrogen and oxygen atoms in total. The first kappa shape index (κ1) is 23.7. The molecule has 2 amide bonds. The van der Waals surface area contributed by atoms with Gasteiger partial charge in [0.05, 0.1) is 16.3 Å². The van der Waals surface area contributed by atoms with Crippen LogP contribution in [0, 0.1) is 5.92 Å². The van der Waals surface area contributed by atoms with E-state index < -0.39 is 17.9 Å². The van der Waals surface area contributed by atoms with Crippen molar-refractivity contribution in [1.82, 2.24) is 10.7 Å². The summed E-state index contributed by atoms with van der Waals surface area (Å²) in [6, 6.07) is 22.0. The predicted molar refractivity (Wildman–Crippen MR) is 140 cm³/mol. The molecule has 4 aromatic carbocycles. The van der Waals surface area contributed by atoms with E-state index in [1.54, 1.807) is 18.3 Å². The molecule has 0 aliphatic carbocycles. The molecule has 172 valence electrons. The van der Waals surface area contributed by atoms with Gasteiger partial charge in [-0.3, -0.25) is 9.59 Å². The van der Waals surface area contributed by atoms with E-state index in [1.165, 1.54) is 6.07 Å². The maximum absolute atomic E-state index is 12.9. The van der Waals surface area contributed by atoms with Gasteiger partial charge in [0.1, 0.15) is 6.04 Å². The number of amides is 2. The first-order valence-corrected chi connectivity index (χ1v) is 11.6. The number of hydrogen-bond acceptors (Lipinski definition) is 3. The first-order chi connectivity index (χ1) is 16.3. The minimum atomic E-state index is -0.789. The molecule has 0 heterocycles. The molecule has 4 aromatic rings. The molecule has 1 atom stereocenters. The van der Waals surface area contributed by atoms with Crippen molar-refractivity contribution < 1.29 is 9.59 Å². The van der Waals surface area contributed by atoms with E-state index in [2.05, 4.69) is 21.9 Å². The second-order valence-electron chi connectivity index (χ2n) is 8.29. The van der Waals surface area contributed by atoms with Crippen LogP contribution in [0.3, 0.4) is 0 Å². The van der Waals surface area contributed by atoms with Gasteiger partial charge >= 0.3 is 0 Å². The third-order valence-electron chi connectivity index (χ3n) is 5.60. The lowest BCUT2D eigenvalue weighted by atomic mass is 9.97. The summed E-state index contributed by atoms with van der Waals surface area (Å²) in [5.41, 5.74) is 3.82. The van der Waals surface area contributed by atoms with Crippen LogP contribution in [0.1, 0.15) is 29.8 Å². The molecule has 0 spiro atoms. The highest BCUT2D eigenvalue weighted by Crippen LogP contribution is 2.27. The van der Waals surface area contributed by atoms with E-state index in [0.29, 0.717) is 10.6 Å². The Morgan fingerprint density at radius 3 is 2.06 bits per heavy atom. The van der Waals surface area contributed by atoms with Crippen LogP contribution in [-0.4, -0.2) is 24.1 Å². The second kappa shape index (κ2) is 10.2. The van der Waals surface area contributed by atoms with E-state index in [4.69, 9.17) is 23.2 Å². The number of halogens is 2. The number of carbonyl (C=O) groups is 2. The molecular formula is C27H23Cl2N3O2. The summed E-state index contributed by atoms with van der Waals surface area (Å²) >= 11 is 11.9. The van der Waals surface area contributed by atoms with Gasteiger partial charge in [-0.05, 0) is 51.7 Å². The number of hydrazone groups is 1. The number of nitrogens with zero attached hydrogens (tertiary/aromatic N) is 1. The van der Waals surface area contributed by atoms with Gasteiger partial charge in [0.2, 0.25) is 0 Å². The molecule has 0 saturated heterocycles. The van der Waals surface area contributed by atoms with Crippen molar-refractivity contribution >= 4 is 62.8 Å². The van der Waals surface area contributed by atoms with Gasteiger partial charge in [0.25, 0.3) is 11.8 Å². The number of hydrogen-bond donors (Lipinski definition) is 2. The first-order valence-electron chi connectivity index (χ1n) is 10.8. The normalized spacial score (nSPS) is 12.4. The average molecular weight is 492 g/mol. The van der Waals surface area contributed by atoms with Crippen LogP contribution >= 0.6 is 23.2 Å². The van der Waals surface area contributed by atoms with Crippen molar-refractivity contribution in [2.24, 2.45) is 11.0 Å². The van der Waals surface area contributed by atoms with Crippen molar-refractivity contribution in [2.75, 3.05) is 0 Å². The van der Waals surface area contributed by atoms with Crippen LogP contribution in [0.25, 0.3) is 21.5 Å². The third kappa shape index (κ3) is 5.06. The highest BCUT2D eigenvalue weighted by atomic mass is 35.5. The molecule has 1 unspecified atom stereocenters. The Morgan fingerprint density at radius 1 is 0.853 bits per heavy atom. The Kier molecular flexibility index (Phi) is 7.15. The summed E-state index contributed by atoms with van der Waals surface area (Å²) in [6.45, 7) is 3.70. The lowest BCUT2D eigenvalue weighted by Gasteiger charge is -2.20. The van der Waals surface area contributed by atoms with E-state index in [1.807, 2.05) is 62.4 Å². The Balaban J connectivity index is 1.55. The smallest absolute Gasteiger partial charge is 0.262 e. The molecule has 0 fully saturated rings. The molecule has 34 heavy (non-hydrogen) atoms. The van der Waals surface area contributed by atoms with Crippen LogP contribution in [0.5, 0.6) is 0 Å². The van der Waals surface area contributed by atoms with Crippen LogP contribution in [0.2, 0.25) is 10.0 Å². The Morgan fingerprint density at radius 2 is 1.47 bits per heavy atom. The molecule has 0 radical (unpaired) electrons. The average Bonchev–Trinajstić information content (AvgIpc) is 2.83. The van der Waals surface area contributed by atoms with Crippen LogP contribution in [0.15, 0.2) is 77.9 Å². The Labute approximate surface area is 207 Å². The Bertz CT molecular complexity index is 1360. The quantitative estimate of drug-likeness (QED) is 0.191. The van der Waals surface area contributed by atoms with E-state index >= 15 is 0 Å². The topological polar surface area (TPSA) is 70.6 Å². The molecule has 0 saturated carbocycles. The standard InChI is InChI=1S/C27H23Cl2N3O2/c1-16(2)25(31-26(33)19-11-12-23(28)24(29)14-19)27(34)32-30-15-22-20-9-5-3-7-17(20)13-18-8-4-6-10-21(18)22/h3-16,25H,1-2H3,(H,31,33)(H,32,34). The largest absolute Gasteiger partial charge is 0.340 e. The minimum Gasteiger partial charge on any atom is -0.340 e. The number of rotatable bonds is 6. The van der Waals surface area contributed by atoms with Crippen LogP contribution < -0.4 is 10.7 Å². The van der Waals surface area contributed by atoms with Gasteiger partial charge in [-0.1, -0.05) is 85.6 Å². The second-order valence-corrected chi connectivity index (χ2v) is 9.11. The molecule has 0 aliphatic rings. The van der Waals surface area contributed by atoms with Gasteiger partial charge in [-0.2, -0.15) is 5.10 Å². The van der Waals surface area contributed by atoms with E-state index in [0.717, 1.165) is 27.1 Å². The van der Waals surface area contributed by atoms with Crippen LogP contribution in [-0.2, 0) is 4.79 Å². The van der Waals surface area contributed by atoms with Gasteiger partial charge < -0.3 is 5.32 Å². The maximum atomic E-state index is 12.9. The van der Waals surface area contributed by atoms with E-state index in [9.17, 15) is 9.59 Å². The van der Waals surface area contributed by atoms with Crippen molar-refractivity contribution in [1.29, 1.82) is 0 Å². The molecule has 0 aromatic heterocycles. The predicted octanol–water partition coefficient (Wildman–Crippen LogP) is 6.20. The zero-order chi connectivity index (χ0) is 24.2. The lowest BCUT2D eigenvalue weighted by molar-refractivity contribution is -0.123. The van der Waals surface area contributed by atoms with Crippen molar-refractivity contribution in [3.8, 4) is 0 Å². The summed E-state index contributed by atoms with van der Waals surface area (Å²) in [6.07, 6.45) is 1.65. The summed E-state index contributed by atoms with van der Waals surface area (Å²) in [4.78, 5) is 25.6. The SMILES string of the molecule is CC(C)C(NC(=O)c1ccc(Cl)c(Cl)c1)C(=O)NN=Cc1c2ccccc2cc2ccccc12. The van der Waals surface area contributed by atoms with Crippen molar-refractivity contribution in [3.63, 3.8) is 0 Å². The summed E-state index contributed by atoms with van der Waals surface area (Å²) in [5, 5.41) is 11.9. The highest BCUT2D eigenvalue weighted by molar-refractivity contribution is 6.42. The van der Waals surface area contributed by atoms with Gasteiger partial charge in [-0.15, -0.1) is 0 Å². The summed E-state index contributed by atoms with van der Waals surface area (Å²) < 4.78 is 0. The zero-order valence-corrected chi connectivity index (χ0v) is 20.2.